The van der Waals surface area contributed by atoms with E-state index in [-0.39, 0.29) is 6.04 Å². The van der Waals surface area contributed by atoms with Crippen molar-refractivity contribution in [1.82, 2.24) is 14.9 Å². The Morgan fingerprint density at radius 1 is 1.47 bits per heavy atom. The van der Waals surface area contributed by atoms with E-state index >= 15 is 0 Å². The van der Waals surface area contributed by atoms with Crippen LogP contribution >= 0.6 is 27.5 Å². The summed E-state index contributed by atoms with van der Waals surface area (Å²) in [5, 5.41) is 4.10. The zero-order chi connectivity index (χ0) is 13.8. The van der Waals surface area contributed by atoms with Crippen LogP contribution in [-0.4, -0.2) is 16.6 Å². The lowest BCUT2D eigenvalue weighted by atomic mass is 10.0. The highest BCUT2D eigenvalue weighted by molar-refractivity contribution is 9.10. The highest BCUT2D eigenvalue weighted by Gasteiger charge is 2.14. The maximum absolute atomic E-state index is 5.98. The second kappa shape index (κ2) is 6.55. The molecule has 1 aromatic heterocycles. The molecule has 0 saturated carbocycles. The van der Waals surface area contributed by atoms with Gasteiger partial charge in [-0.3, -0.25) is 0 Å². The van der Waals surface area contributed by atoms with E-state index in [1.165, 1.54) is 5.56 Å². The van der Waals surface area contributed by atoms with Crippen LogP contribution in [0, 0.1) is 0 Å². The SMILES string of the molecule is CNC(CCc1nccn1C)c1ccc(Cl)cc1Br. The third-order valence-corrected chi connectivity index (χ3v) is 4.19. The molecule has 0 aliphatic heterocycles. The molecule has 102 valence electrons. The van der Waals surface area contributed by atoms with Crippen LogP contribution in [0.15, 0.2) is 35.1 Å². The molecule has 3 nitrogen and oxygen atoms in total. The van der Waals surface area contributed by atoms with Gasteiger partial charge in [-0.05, 0) is 31.2 Å². The fraction of sp³-hybridized carbons (Fsp3) is 0.357. The Balaban J connectivity index is 2.10. The number of halogens is 2. The Hall–Kier alpha value is -0.840. The fourth-order valence-corrected chi connectivity index (χ4v) is 3.11. The van der Waals surface area contributed by atoms with Crippen molar-refractivity contribution in [2.75, 3.05) is 7.05 Å². The fourth-order valence-electron chi connectivity index (χ4n) is 2.15. The van der Waals surface area contributed by atoms with Crippen molar-refractivity contribution in [3.63, 3.8) is 0 Å². The van der Waals surface area contributed by atoms with Gasteiger partial charge in [0.25, 0.3) is 0 Å². The number of nitrogens with one attached hydrogen (secondary N) is 1. The number of imidazole rings is 1. The molecule has 1 heterocycles. The molecule has 2 aromatic rings. The Morgan fingerprint density at radius 3 is 2.84 bits per heavy atom. The Bertz CT molecular complexity index is 553. The third kappa shape index (κ3) is 3.59. The van der Waals surface area contributed by atoms with Gasteiger partial charge in [0.2, 0.25) is 0 Å². The molecule has 0 spiro atoms. The number of hydrogen-bond donors (Lipinski definition) is 1. The quantitative estimate of drug-likeness (QED) is 0.897. The van der Waals surface area contributed by atoms with E-state index < -0.39 is 0 Å². The van der Waals surface area contributed by atoms with Gasteiger partial charge < -0.3 is 9.88 Å². The van der Waals surface area contributed by atoms with Gasteiger partial charge in [-0.2, -0.15) is 0 Å². The molecule has 0 saturated heterocycles. The first-order valence-corrected chi connectivity index (χ1v) is 7.37. The van der Waals surface area contributed by atoms with E-state index in [2.05, 4.69) is 36.9 Å². The molecule has 0 amide bonds. The Labute approximate surface area is 127 Å². The van der Waals surface area contributed by atoms with Gasteiger partial charge in [0, 0.05) is 41.4 Å². The molecule has 5 heteroatoms. The predicted molar refractivity (Wildman–Crippen MR) is 82.5 cm³/mol. The van der Waals surface area contributed by atoms with Crippen LogP contribution in [0.25, 0.3) is 0 Å². The largest absolute Gasteiger partial charge is 0.338 e. The van der Waals surface area contributed by atoms with Crippen molar-refractivity contribution >= 4 is 27.5 Å². The Kier molecular flexibility index (Phi) is 5.02. The molecular formula is C14H17BrClN3. The van der Waals surface area contributed by atoms with Gasteiger partial charge in [0.05, 0.1) is 0 Å². The molecule has 0 bridgehead atoms. The minimum atomic E-state index is 0.281. The van der Waals surface area contributed by atoms with E-state index in [1.807, 2.05) is 38.6 Å². The number of rotatable bonds is 5. The van der Waals surface area contributed by atoms with E-state index in [1.54, 1.807) is 0 Å². The van der Waals surface area contributed by atoms with Gasteiger partial charge >= 0.3 is 0 Å². The summed E-state index contributed by atoms with van der Waals surface area (Å²) in [6.45, 7) is 0. The van der Waals surface area contributed by atoms with Gasteiger partial charge in [0.15, 0.2) is 0 Å². The highest BCUT2D eigenvalue weighted by atomic mass is 79.9. The summed E-state index contributed by atoms with van der Waals surface area (Å²) in [6, 6.07) is 6.20. The van der Waals surface area contributed by atoms with Gasteiger partial charge in [0.1, 0.15) is 5.82 Å². The van der Waals surface area contributed by atoms with Crippen molar-refractivity contribution in [2.45, 2.75) is 18.9 Å². The third-order valence-electron chi connectivity index (χ3n) is 3.26. The Morgan fingerprint density at radius 2 is 2.26 bits per heavy atom. The second-order valence-corrected chi connectivity index (χ2v) is 5.79. The predicted octanol–water partition coefficient (Wildman–Crippen LogP) is 3.73. The topological polar surface area (TPSA) is 29.9 Å². The summed E-state index contributed by atoms with van der Waals surface area (Å²) >= 11 is 9.56. The average molecular weight is 343 g/mol. The smallest absolute Gasteiger partial charge is 0.108 e. The lowest BCUT2D eigenvalue weighted by molar-refractivity contribution is 0.534. The second-order valence-electron chi connectivity index (χ2n) is 4.50. The summed E-state index contributed by atoms with van der Waals surface area (Å²) in [4.78, 5) is 4.35. The molecule has 1 unspecified atom stereocenters. The average Bonchev–Trinajstić information content (AvgIpc) is 2.78. The van der Waals surface area contributed by atoms with E-state index in [0.29, 0.717) is 0 Å². The maximum Gasteiger partial charge on any atom is 0.108 e. The van der Waals surface area contributed by atoms with Crippen LogP contribution in [-0.2, 0) is 13.5 Å². The molecule has 1 atom stereocenters. The summed E-state index contributed by atoms with van der Waals surface area (Å²) in [5.41, 5.74) is 1.22. The van der Waals surface area contributed by atoms with Crippen LogP contribution in [0.2, 0.25) is 5.02 Å². The first kappa shape index (κ1) is 14.6. The zero-order valence-electron chi connectivity index (χ0n) is 11.0. The molecule has 19 heavy (non-hydrogen) atoms. The lowest BCUT2D eigenvalue weighted by Gasteiger charge is -2.18. The van der Waals surface area contributed by atoms with E-state index in [9.17, 15) is 0 Å². The first-order chi connectivity index (χ1) is 9.11. The standard InChI is InChI=1S/C14H17BrClN3/c1-17-13(5-6-14-18-7-8-19(14)2)11-4-3-10(16)9-12(11)15/h3-4,7-9,13,17H,5-6H2,1-2H3. The van der Waals surface area contributed by atoms with Gasteiger partial charge in [-0.15, -0.1) is 0 Å². The molecular weight excluding hydrogens is 326 g/mol. The van der Waals surface area contributed by atoms with E-state index in [4.69, 9.17) is 11.6 Å². The lowest BCUT2D eigenvalue weighted by Crippen LogP contribution is -2.18. The monoisotopic (exact) mass is 341 g/mol. The number of aromatic nitrogens is 2. The van der Waals surface area contributed by atoms with Crippen molar-refractivity contribution in [3.05, 3.63) is 51.5 Å². The molecule has 0 aliphatic carbocycles. The molecule has 0 aliphatic rings. The van der Waals surface area contributed by atoms with Crippen LogP contribution in [0.3, 0.4) is 0 Å². The molecule has 0 radical (unpaired) electrons. The summed E-state index contributed by atoms with van der Waals surface area (Å²) < 4.78 is 3.10. The van der Waals surface area contributed by atoms with Crippen LogP contribution in [0.5, 0.6) is 0 Å². The highest BCUT2D eigenvalue weighted by Crippen LogP contribution is 2.28. The summed E-state index contributed by atoms with van der Waals surface area (Å²) in [5.74, 6) is 1.10. The minimum absolute atomic E-state index is 0.281. The summed E-state index contributed by atoms with van der Waals surface area (Å²) in [7, 11) is 4.00. The van der Waals surface area contributed by atoms with Gasteiger partial charge in [-0.1, -0.05) is 33.6 Å². The van der Waals surface area contributed by atoms with Crippen LogP contribution in [0.1, 0.15) is 23.9 Å². The van der Waals surface area contributed by atoms with Crippen molar-refractivity contribution in [1.29, 1.82) is 0 Å². The molecule has 1 aromatic carbocycles. The number of aryl methyl sites for hydroxylation is 2. The summed E-state index contributed by atoms with van der Waals surface area (Å²) in [6.07, 6.45) is 5.73. The molecule has 0 fully saturated rings. The van der Waals surface area contributed by atoms with E-state index in [0.717, 1.165) is 28.2 Å². The molecule has 1 N–H and O–H groups in total. The maximum atomic E-state index is 5.98. The zero-order valence-corrected chi connectivity index (χ0v) is 13.4. The van der Waals surface area contributed by atoms with Crippen molar-refractivity contribution < 1.29 is 0 Å². The number of nitrogens with zero attached hydrogens (tertiary/aromatic N) is 2. The number of benzene rings is 1. The first-order valence-electron chi connectivity index (χ1n) is 6.20. The van der Waals surface area contributed by atoms with Crippen LogP contribution < -0.4 is 5.32 Å². The molecule has 2 rings (SSSR count). The van der Waals surface area contributed by atoms with Crippen molar-refractivity contribution in [3.8, 4) is 0 Å². The minimum Gasteiger partial charge on any atom is -0.338 e. The van der Waals surface area contributed by atoms with Crippen LogP contribution in [0.4, 0.5) is 0 Å². The normalized spacial score (nSPS) is 12.6. The number of hydrogen-bond acceptors (Lipinski definition) is 2. The van der Waals surface area contributed by atoms with Gasteiger partial charge in [-0.25, -0.2) is 4.98 Å². The van der Waals surface area contributed by atoms with Crippen molar-refractivity contribution in [2.24, 2.45) is 7.05 Å².